The summed E-state index contributed by atoms with van der Waals surface area (Å²) < 4.78 is 10.4. The number of ether oxygens (including phenoxy) is 1. The number of carbonyl (C=O) groups is 2. The van der Waals surface area contributed by atoms with Gasteiger partial charge in [0.15, 0.2) is 12.2 Å². The summed E-state index contributed by atoms with van der Waals surface area (Å²) in [6, 6.07) is 7.64. The molecule has 110 valence electrons. The average Bonchev–Trinajstić information content (AvgIpc) is 3.18. The van der Waals surface area contributed by atoms with Crippen molar-refractivity contribution in [3.63, 3.8) is 0 Å². The first-order chi connectivity index (χ1) is 10.2. The second kappa shape index (κ2) is 6.17. The van der Waals surface area contributed by atoms with E-state index in [1.54, 1.807) is 0 Å². The molecule has 7 heteroatoms. The van der Waals surface area contributed by atoms with Gasteiger partial charge in [-0.05, 0) is 25.0 Å². The predicted molar refractivity (Wildman–Crippen MR) is 76.9 cm³/mol. The number of carbonyl (C=O) groups excluding carboxylic acids is 2. The van der Waals surface area contributed by atoms with Crippen LogP contribution >= 0.6 is 11.8 Å². The third-order valence-corrected chi connectivity index (χ3v) is 3.70. The molecule has 0 atom stereocenters. The van der Waals surface area contributed by atoms with Crippen molar-refractivity contribution in [1.29, 1.82) is 0 Å². The SMILES string of the molecule is O=C(COC(=O)CSc1nc2ccccc2o1)NC1CC1. The van der Waals surface area contributed by atoms with Crippen LogP contribution in [0.5, 0.6) is 0 Å². The topological polar surface area (TPSA) is 81.4 Å². The summed E-state index contributed by atoms with van der Waals surface area (Å²) in [4.78, 5) is 27.1. The monoisotopic (exact) mass is 306 g/mol. The van der Waals surface area contributed by atoms with E-state index in [1.165, 1.54) is 0 Å². The number of oxazole rings is 1. The Morgan fingerprint density at radius 3 is 2.95 bits per heavy atom. The number of nitrogens with zero attached hydrogens (tertiary/aromatic N) is 1. The van der Waals surface area contributed by atoms with Crippen LogP contribution in [-0.4, -0.2) is 35.3 Å². The molecule has 0 aliphatic heterocycles. The number of thioether (sulfide) groups is 1. The van der Waals surface area contributed by atoms with Gasteiger partial charge in [0.05, 0.1) is 0 Å². The van der Waals surface area contributed by atoms with Crippen molar-refractivity contribution in [2.75, 3.05) is 12.4 Å². The van der Waals surface area contributed by atoms with Crippen molar-refractivity contribution in [3.05, 3.63) is 24.3 Å². The van der Waals surface area contributed by atoms with E-state index >= 15 is 0 Å². The molecule has 0 spiro atoms. The first-order valence-electron chi connectivity index (χ1n) is 6.64. The number of para-hydroxylation sites is 2. The number of aromatic nitrogens is 1. The van der Waals surface area contributed by atoms with Crippen molar-refractivity contribution in [2.24, 2.45) is 0 Å². The lowest BCUT2D eigenvalue weighted by Crippen LogP contribution is -2.30. The molecule has 0 radical (unpaired) electrons. The Kier molecular flexibility index (Phi) is 4.10. The molecule has 6 nitrogen and oxygen atoms in total. The molecule has 0 saturated heterocycles. The van der Waals surface area contributed by atoms with E-state index in [2.05, 4.69) is 10.3 Å². The highest BCUT2D eigenvalue weighted by Gasteiger charge is 2.23. The number of rotatable bonds is 6. The average molecular weight is 306 g/mol. The molecule has 1 saturated carbocycles. The minimum absolute atomic E-state index is 0.0591. The summed E-state index contributed by atoms with van der Waals surface area (Å²) in [5.41, 5.74) is 1.43. The van der Waals surface area contributed by atoms with Crippen LogP contribution in [0.2, 0.25) is 0 Å². The summed E-state index contributed by atoms with van der Waals surface area (Å²) in [5, 5.41) is 3.16. The van der Waals surface area contributed by atoms with E-state index in [-0.39, 0.29) is 24.3 Å². The van der Waals surface area contributed by atoms with Crippen molar-refractivity contribution in [3.8, 4) is 0 Å². The Morgan fingerprint density at radius 2 is 2.19 bits per heavy atom. The van der Waals surface area contributed by atoms with Gasteiger partial charge in [-0.25, -0.2) is 4.98 Å². The highest BCUT2D eigenvalue weighted by Crippen LogP contribution is 2.23. The number of hydrogen-bond acceptors (Lipinski definition) is 6. The fourth-order valence-electron chi connectivity index (χ4n) is 1.72. The zero-order chi connectivity index (χ0) is 14.7. The zero-order valence-corrected chi connectivity index (χ0v) is 12.0. The van der Waals surface area contributed by atoms with Crippen molar-refractivity contribution >= 4 is 34.7 Å². The van der Waals surface area contributed by atoms with Crippen LogP contribution in [0, 0.1) is 0 Å². The molecule has 1 aromatic carbocycles. The van der Waals surface area contributed by atoms with Crippen molar-refractivity contribution in [1.82, 2.24) is 10.3 Å². The van der Waals surface area contributed by atoms with Crippen LogP contribution in [0.25, 0.3) is 11.1 Å². The lowest BCUT2D eigenvalue weighted by Gasteiger charge is -2.04. The molecule has 1 heterocycles. The van der Waals surface area contributed by atoms with Crippen LogP contribution in [0.3, 0.4) is 0 Å². The maximum Gasteiger partial charge on any atom is 0.316 e. The Bertz CT molecular complexity index is 633. The molecular formula is C14H14N2O4S. The van der Waals surface area contributed by atoms with E-state index in [4.69, 9.17) is 9.15 Å². The molecule has 1 amide bonds. The quantitative estimate of drug-likeness (QED) is 0.647. The van der Waals surface area contributed by atoms with Crippen LogP contribution in [-0.2, 0) is 14.3 Å². The summed E-state index contributed by atoms with van der Waals surface area (Å²) in [6.07, 6.45) is 2.01. The lowest BCUT2D eigenvalue weighted by atomic mass is 10.3. The van der Waals surface area contributed by atoms with E-state index in [0.29, 0.717) is 10.8 Å². The molecule has 21 heavy (non-hydrogen) atoms. The number of amides is 1. The largest absolute Gasteiger partial charge is 0.455 e. The van der Waals surface area contributed by atoms with Gasteiger partial charge in [0.25, 0.3) is 11.1 Å². The molecule has 0 bridgehead atoms. The van der Waals surface area contributed by atoms with E-state index in [1.807, 2.05) is 24.3 Å². The van der Waals surface area contributed by atoms with Gasteiger partial charge in [-0.15, -0.1) is 0 Å². The van der Waals surface area contributed by atoms with Gasteiger partial charge in [0.1, 0.15) is 11.3 Å². The van der Waals surface area contributed by atoms with Crippen molar-refractivity contribution < 1.29 is 18.7 Å². The van der Waals surface area contributed by atoms with E-state index < -0.39 is 5.97 Å². The Labute approximate surface area is 125 Å². The highest BCUT2D eigenvalue weighted by molar-refractivity contribution is 7.99. The number of fused-ring (bicyclic) bond motifs is 1. The number of esters is 1. The van der Waals surface area contributed by atoms with Crippen LogP contribution in [0.15, 0.2) is 33.9 Å². The van der Waals surface area contributed by atoms with Crippen LogP contribution in [0.1, 0.15) is 12.8 Å². The molecule has 1 aliphatic rings. The summed E-state index contributed by atoms with van der Waals surface area (Å²) in [5.74, 6) is -0.658. The molecule has 0 unspecified atom stereocenters. The molecular weight excluding hydrogens is 292 g/mol. The van der Waals surface area contributed by atoms with Gasteiger partial charge in [-0.3, -0.25) is 9.59 Å². The first-order valence-corrected chi connectivity index (χ1v) is 7.62. The Balaban J connectivity index is 1.43. The fourth-order valence-corrected chi connectivity index (χ4v) is 2.35. The zero-order valence-electron chi connectivity index (χ0n) is 11.2. The summed E-state index contributed by atoms with van der Waals surface area (Å²) in [7, 11) is 0. The maximum absolute atomic E-state index is 11.5. The smallest absolute Gasteiger partial charge is 0.316 e. The van der Waals surface area contributed by atoms with Crippen LogP contribution < -0.4 is 5.32 Å². The first kappa shape index (κ1) is 13.9. The standard InChI is InChI=1S/C14H14N2O4S/c17-12(15-9-5-6-9)7-19-13(18)8-21-14-16-10-3-1-2-4-11(10)20-14/h1-4,9H,5-8H2,(H,15,17). The van der Waals surface area contributed by atoms with Gasteiger partial charge >= 0.3 is 5.97 Å². The second-order valence-corrected chi connectivity index (χ2v) is 5.67. The van der Waals surface area contributed by atoms with E-state index in [9.17, 15) is 9.59 Å². The molecule has 3 rings (SSSR count). The number of nitrogens with one attached hydrogen (secondary N) is 1. The Hall–Kier alpha value is -2.02. The minimum Gasteiger partial charge on any atom is -0.455 e. The maximum atomic E-state index is 11.5. The third kappa shape index (κ3) is 3.98. The summed E-state index contributed by atoms with van der Waals surface area (Å²) >= 11 is 1.15. The molecule has 2 aromatic rings. The van der Waals surface area contributed by atoms with Crippen molar-refractivity contribution in [2.45, 2.75) is 24.1 Å². The highest BCUT2D eigenvalue weighted by atomic mass is 32.2. The third-order valence-electron chi connectivity index (χ3n) is 2.89. The normalized spacial score (nSPS) is 14.1. The fraction of sp³-hybridized carbons (Fsp3) is 0.357. The molecule has 1 fully saturated rings. The molecule has 1 aliphatic carbocycles. The van der Waals surface area contributed by atoms with Gasteiger partial charge in [-0.1, -0.05) is 23.9 Å². The number of hydrogen-bond donors (Lipinski definition) is 1. The van der Waals surface area contributed by atoms with E-state index in [0.717, 1.165) is 30.1 Å². The molecule has 1 N–H and O–H groups in total. The van der Waals surface area contributed by atoms with Gasteiger partial charge in [-0.2, -0.15) is 0 Å². The Morgan fingerprint density at radius 1 is 1.38 bits per heavy atom. The summed E-state index contributed by atoms with van der Waals surface area (Å²) in [6.45, 7) is -0.233. The van der Waals surface area contributed by atoms with Gasteiger partial charge in [0.2, 0.25) is 0 Å². The minimum atomic E-state index is -0.465. The van der Waals surface area contributed by atoms with Crippen LogP contribution in [0.4, 0.5) is 0 Å². The van der Waals surface area contributed by atoms with Gasteiger partial charge in [0, 0.05) is 6.04 Å². The second-order valence-electron chi connectivity index (χ2n) is 4.74. The van der Waals surface area contributed by atoms with Gasteiger partial charge < -0.3 is 14.5 Å². The predicted octanol–water partition coefficient (Wildman–Crippen LogP) is 1.74. The lowest BCUT2D eigenvalue weighted by molar-refractivity contribution is -0.146. The number of benzene rings is 1. The molecule has 1 aromatic heterocycles.